The Morgan fingerprint density at radius 2 is 1.73 bits per heavy atom. The van der Waals surface area contributed by atoms with E-state index in [0.717, 1.165) is 17.0 Å². The molecule has 0 aliphatic carbocycles. The molecule has 30 heavy (non-hydrogen) atoms. The third-order valence-corrected chi connectivity index (χ3v) is 4.97. The van der Waals surface area contributed by atoms with Crippen LogP contribution in [0.25, 0.3) is 0 Å². The van der Waals surface area contributed by atoms with Crippen molar-refractivity contribution in [2.75, 3.05) is 21.3 Å². The van der Waals surface area contributed by atoms with Gasteiger partial charge in [-0.05, 0) is 35.4 Å². The predicted octanol–water partition coefficient (Wildman–Crippen LogP) is 3.55. The normalized spacial score (nSPS) is 11.6. The standard InChI is InChI=1S/C22H24ClN3O4/c1-26-10-9-24-22(26)20(15-5-7-16(23)8-6-15)25-19(27)13-14-11-17(28-2)21(30-4)18(12-14)29-3/h5-12,20H,13H2,1-4H3,(H,25,27). The monoisotopic (exact) mass is 429 g/mol. The Morgan fingerprint density at radius 3 is 2.23 bits per heavy atom. The summed E-state index contributed by atoms with van der Waals surface area (Å²) in [5.74, 6) is 2.02. The Morgan fingerprint density at radius 1 is 1.10 bits per heavy atom. The van der Waals surface area contributed by atoms with Gasteiger partial charge in [0.15, 0.2) is 11.5 Å². The highest BCUT2D eigenvalue weighted by molar-refractivity contribution is 6.30. The van der Waals surface area contributed by atoms with E-state index in [1.165, 1.54) is 7.11 Å². The number of benzene rings is 2. The van der Waals surface area contributed by atoms with E-state index in [1.807, 2.05) is 29.9 Å². The number of ether oxygens (including phenoxy) is 3. The largest absolute Gasteiger partial charge is 0.493 e. The van der Waals surface area contributed by atoms with Crippen LogP contribution in [-0.2, 0) is 18.3 Å². The minimum atomic E-state index is -0.420. The Hall–Kier alpha value is -3.19. The van der Waals surface area contributed by atoms with Gasteiger partial charge in [0.05, 0.1) is 27.8 Å². The van der Waals surface area contributed by atoms with Crippen molar-refractivity contribution in [3.63, 3.8) is 0 Å². The maximum absolute atomic E-state index is 12.9. The van der Waals surface area contributed by atoms with E-state index in [4.69, 9.17) is 25.8 Å². The summed E-state index contributed by atoms with van der Waals surface area (Å²) >= 11 is 6.03. The summed E-state index contributed by atoms with van der Waals surface area (Å²) in [6.45, 7) is 0. The minimum Gasteiger partial charge on any atom is -0.493 e. The van der Waals surface area contributed by atoms with Crippen molar-refractivity contribution in [2.45, 2.75) is 12.5 Å². The van der Waals surface area contributed by atoms with Crippen molar-refractivity contribution >= 4 is 17.5 Å². The van der Waals surface area contributed by atoms with Gasteiger partial charge in [0.2, 0.25) is 11.7 Å². The van der Waals surface area contributed by atoms with Crippen molar-refractivity contribution in [2.24, 2.45) is 7.05 Å². The highest BCUT2D eigenvalue weighted by Gasteiger charge is 2.22. The molecular formula is C22H24ClN3O4. The van der Waals surface area contributed by atoms with Gasteiger partial charge in [-0.1, -0.05) is 23.7 Å². The van der Waals surface area contributed by atoms with Crippen LogP contribution in [0.3, 0.4) is 0 Å². The quantitative estimate of drug-likeness (QED) is 0.592. The lowest BCUT2D eigenvalue weighted by molar-refractivity contribution is -0.121. The van der Waals surface area contributed by atoms with E-state index in [0.29, 0.717) is 22.3 Å². The van der Waals surface area contributed by atoms with Crippen LogP contribution in [0.15, 0.2) is 48.8 Å². The molecule has 0 aliphatic rings. The van der Waals surface area contributed by atoms with Gasteiger partial charge in [0.1, 0.15) is 11.9 Å². The number of nitrogens with zero attached hydrogens (tertiary/aromatic N) is 2. The zero-order valence-electron chi connectivity index (χ0n) is 17.3. The van der Waals surface area contributed by atoms with Crippen molar-refractivity contribution in [3.8, 4) is 17.2 Å². The first-order valence-electron chi connectivity index (χ1n) is 9.27. The number of carbonyl (C=O) groups excluding carboxylic acids is 1. The van der Waals surface area contributed by atoms with Gasteiger partial charge in [-0.3, -0.25) is 4.79 Å². The molecule has 1 heterocycles. The first-order valence-corrected chi connectivity index (χ1v) is 9.65. The van der Waals surface area contributed by atoms with E-state index >= 15 is 0 Å². The summed E-state index contributed by atoms with van der Waals surface area (Å²) < 4.78 is 18.0. The molecule has 2 aromatic carbocycles. The number of nitrogens with one attached hydrogen (secondary N) is 1. The molecule has 0 spiro atoms. The van der Waals surface area contributed by atoms with Crippen LogP contribution in [0, 0.1) is 0 Å². The van der Waals surface area contributed by atoms with Crippen LogP contribution >= 0.6 is 11.6 Å². The van der Waals surface area contributed by atoms with Crippen LogP contribution in [0.5, 0.6) is 17.2 Å². The number of carbonyl (C=O) groups is 1. The number of hydrogen-bond acceptors (Lipinski definition) is 5. The van der Waals surface area contributed by atoms with Gasteiger partial charge in [-0.15, -0.1) is 0 Å². The molecule has 1 aromatic heterocycles. The number of imidazole rings is 1. The van der Waals surface area contributed by atoms with Gasteiger partial charge < -0.3 is 24.1 Å². The second kappa shape index (κ2) is 9.54. The molecular weight excluding hydrogens is 406 g/mol. The predicted molar refractivity (Wildman–Crippen MR) is 114 cm³/mol. The van der Waals surface area contributed by atoms with Gasteiger partial charge in [0, 0.05) is 24.5 Å². The molecule has 3 rings (SSSR count). The van der Waals surface area contributed by atoms with Crippen LogP contribution < -0.4 is 19.5 Å². The summed E-state index contributed by atoms with van der Waals surface area (Å²) in [5.41, 5.74) is 1.61. The number of rotatable bonds is 8. The van der Waals surface area contributed by atoms with Crippen molar-refractivity contribution in [1.29, 1.82) is 0 Å². The van der Waals surface area contributed by atoms with Crippen molar-refractivity contribution in [1.82, 2.24) is 14.9 Å². The number of methoxy groups -OCH3 is 3. The number of hydrogen-bond donors (Lipinski definition) is 1. The van der Waals surface area contributed by atoms with E-state index in [9.17, 15) is 4.79 Å². The highest BCUT2D eigenvalue weighted by Crippen LogP contribution is 2.38. The maximum Gasteiger partial charge on any atom is 0.225 e. The molecule has 1 atom stereocenters. The summed E-state index contributed by atoms with van der Waals surface area (Å²) in [5, 5.41) is 3.70. The minimum absolute atomic E-state index is 0.130. The molecule has 1 unspecified atom stereocenters. The van der Waals surface area contributed by atoms with Crippen molar-refractivity contribution in [3.05, 3.63) is 70.8 Å². The number of amides is 1. The van der Waals surface area contributed by atoms with Gasteiger partial charge in [-0.25, -0.2) is 4.98 Å². The van der Waals surface area contributed by atoms with Gasteiger partial charge in [0.25, 0.3) is 0 Å². The van der Waals surface area contributed by atoms with E-state index in [2.05, 4.69) is 10.3 Å². The van der Waals surface area contributed by atoms with Crippen LogP contribution in [0.1, 0.15) is 23.0 Å². The van der Waals surface area contributed by atoms with E-state index in [-0.39, 0.29) is 12.3 Å². The molecule has 0 aliphatic heterocycles. The lowest BCUT2D eigenvalue weighted by Gasteiger charge is -2.20. The maximum atomic E-state index is 12.9. The van der Waals surface area contributed by atoms with E-state index in [1.54, 1.807) is 44.7 Å². The Balaban J connectivity index is 1.86. The second-order valence-corrected chi connectivity index (χ2v) is 7.10. The molecule has 158 valence electrons. The lowest BCUT2D eigenvalue weighted by atomic mass is 10.0. The molecule has 0 bridgehead atoms. The molecule has 1 amide bonds. The topological polar surface area (TPSA) is 74.6 Å². The number of aromatic nitrogens is 2. The van der Waals surface area contributed by atoms with Gasteiger partial charge >= 0.3 is 0 Å². The smallest absolute Gasteiger partial charge is 0.225 e. The fraction of sp³-hybridized carbons (Fsp3) is 0.273. The SMILES string of the molecule is COc1cc(CC(=O)NC(c2ccc(Cl)cc2)c2nccn2C)cc(OC)c1OC. The summed E-state index contributed by atoms with van der Waals surface area (Å²) in [4.78, 5) is 17.3. The van der Waals surface area contributed by atoms with Crippen molar-refractivity contribution < 1.29 is 19.0 Å². The molecule has 7 nitrogen and oxygen atoms in total. The van der Waals surface area contributed by atoms with Crippen LogP contribution in [0.4, 0.5) is 0 Å². The third kappa shape index (κ3) is 4.68. The molecule has 0 saturated carbocycles. The van der Waals surface area contributed by atoms with E-state index < -0.39 is 6.04 Å². The Bertz CT molecular complexity index is 992. The molecule has 1 N–H and O–H groups in total. The first kappa shape index (κ1) is 21.5. The fourth-order valence-corrected chi connectivity index (χ4v) is 3.37. The van der Waals surface area contributed by atoms with Crippen LogP contribution in [-0.4, -0.2) is 36.8 Å². The third-order valence-electron chi connectivity index (χ3n) is 4.71. The Labute approximate surface area is 180 Å². The molecule has 3 aromatic rings. The summed E-state index contributed by atoms with van der Waals surface area (Å²) in [6, 6.07) is 10.4. The first-order chi connectivity index (χ1) is 14.5. The van der Waals surface area contributed by atoms with Crippen LogP contribution in [0.2, 0.25) is 5.02 Å². The number of aryl methyl sites for hydroxylation is 1. The molecule has 8 heteroatoms. The average Bonchev–Trinajstić information content (AvgIpc) is 3.17. The summed E-state index contributed by atoms with van der Waals surface area (Å²) in [6.07, 6.45) is 3.67. The molecule has 0 fully saturated rings. The molecule has 0 radical (unpaired) electrons. The Kier molecular flexibility index (Phi) is 6.84. The van der Waals surface area contributed by atoms with Gasteiger partial charge in [-0.2, -0.15) is 0 Å². The highest BCUT2D eigenvalue weighted by atomic mass is 35.5. The lowest BCUT2D eigenvalue weighted by Crippen LogP contribution is -2.32. The zero-order valence-corrected chi connectivity index (χ0v) is 18.1. The fourth-order valence-electron chi connectivity index (χ4n) is 3.24. The molecule has 0 saturated heterocycles. The second-order valence-electron chi connectivity index (χ2n) is 6.66. The summed E-state index contributed by atoms with van der Waals surface area (Å²) in [7, 11) is 6.50. The zero-order chi connectivity index (χ0) is 21.7. The number of halogens is 1. The average molecular weight is 430 g/mol.